The van der Waals surface area contributed by atoms with Gasteiger partial charge in [0.05, 0.1) is 19.8 Å². The molecule has 2 rings (SSSR count). The van der Waals surface area contributed by atoms with E-state index in [2.05, 4.69) is 5.32 Å². The molecule has 2 N–H and O–H groups in total. The topological polar surface area (TPSA) is 42.8 Å². The lowest BCUT2D eigenvalue weighted by molar-refractivity contribution is -0.885. The molecule has 0 aromatic heterocycles. The maximum atomic E-state index is 13.7. The average molecular weight is 317 g/mol. The van der Waals surface area contributed by atoms with Crippen LogP contribution in [-0.2, 0) is 11.3 Å². The summed E-state index contributed by atoms with van der Waals surface area (Å²) < 4.78 is 18.9. The number of halogens is 1. The van der Waals surface area contributed by atoms with Gasteiger partial charge in [0, 0.05) is 5.56 Å². The van der Waals surface area contributed by atoms with Crippen molar-refractivity contribution in [2.24, 2.45) is 0 Å². The number of likely N-dealkylation sites (N-methyl/N-ethyl adjacent to an activating group) is 1. The lowest BCUT2D eigenvalue weighted by Crippen LogP contribution is -3.08. The predicted octanol–water partition coefficient (Wildman–Crippen LogP) is 1.80. The summed E-state index contributed by atoms with van der Waals surface area (Å²) in [7, 11) is 3.55. The molecule has 0 radical (unpaired) electrons. The Labute approximate surface area is 135 Å². The van der Waals surface area contributed by atoms with E-state index in [4.69, 9.17) is 4.74 Å². The van der Waals surface area contributed by atoms with Crippen molar-refractivity contribution in [1.82, 2.24) is 0 Å². The molecule has 0 bridgehead atoms. The zero-order valence-electron chi connectivity index (χ0n) is 13.7. The fourth-order valence-corrected chi connectivity index (χ4v) is 2.38. The number of methoxy groups -OCH3 is 1. The van der Waals surface area contributed by atoms with Gasteiger partial charge < -0.3 is 15.0 Å². The van der Waals surface area contributed by atoms with Gasteiger partial charge >= 0.3 is 0 Å². The highest BCUT2D eigenvalue weighted by Gasteiger charge is 2.13. The van der Waals surface area contributed by atoms with E-state index in [1.54, 1.807) is 26.2 Å². The van der Waals surface area contributed by atoms with Crippen molar-refractivity contribution >= 4 is 11.6 Å². The van der Waals surface area contributed by atoms with Crippen LogP contribution in [0.15, 0.2) is 42.5 Å². The van der Waals surface area contributed by atoms with Crippen LogP contribution in [0.25, 0.3) is 0 Å². The smallest absolute Gasteiger partial charge is 0.279 e. The Bertz CT molecular complexity index is 688. The van der Waals surface area contributed by atoms with Crippen LogP contribution in [0.4, 0.5) is 10.1 Å². The number of amides is 1. The summed E-state index contributed by atoms with van der Waals surface area (Å²) in [6.07, 6.45) is 0. The van der Waals surface area contributed by atoms with E-state index in [1.165, 1.54) is 6.07 Å². The van der Waals surface area contributed by atoms with Gasteiger partial charge in [-0.25, -0.2) is 4.39 Å². The third kappa shape index (κ3) is 5.07. The van der Waals surface area contributed by atoms with Gasteiger partial charge in [0.1, 0.15) is 18.1 Å². The number of carbonyl (C=O) groups is 1. The maximum absolute atomic E-state index is 13.7. The van der Waals surface area contributed by atoms with Gasteiger partial charge in [0.25, 0.3) is 5.91 Å². The summed E-state index contributed by atoms with van der Waals surface area (Å²) in [5, 5.41) is 2.62. The van der Waals surface area contributed by atoms with Gasteiger partial charge in [-0.05, 0) is 36.8 Å². The molecule has 0 spiro atoms. The quantitative estimate of drug-likeness (QED) is 0.853. The fourth-order valence-electron chi connectivity index (χ4n) is 2.38. The van der Waals surface area contributed by atoms with Gasteiger partial charge in [-0.3, -0.25) is 4.79 Å². The fraction of sp³-hybridized carbons (Fsp3) is 0.278. The molecule has 0 heterocycles. The van der Waals surface area contributed by atoms with Crippen LogP contribution in [-0.4, -0.2) is 26.6 Å². The summed E-state index contributed by atoms with van der Waals surface area (Å²) in [4.78, 5) is 13.1. The Morgan fingerprint density at radius 2 is 2.04 bits per heavy atom. The standard InChI is InChI=1S/C18H21FN2O2/c1-13-7-8-17(16(19)9-13)20-18(22)12-21(2)11-14-5-4-6-15(10-14)23-3/h4-10H,11-12H2,1-3H3,(H,20,22)/p+1. The van der Waals surface area contributed by atoms with Crippen LogP contribution in [0, 0.1) is 12.7 Å². The number of hydrogen-bond acceptors (Lipinski definition) is 2. The Hall–Kier alpha value is -2.40. The average Bonchev–Trinajstić information content (AvgIpc) is 2.50. The van der Waals surface area contributed by atoms with Crippen molar-refractivity contribution in [2.75, 3.05) is 26.0 Å². The van der Waals surface area contributed by atoms with Gasteiger partial charge in [-0.1, -0.05) is 18.2 Å². The molecule has 0 saturated heterocycles. The van der Waals surface area contributed by atoms with E-state index < -0.39 is 5.82 Å². The van der Waals surface area contributed by atoms with E-state index >= 15 is 0 Å². The van der Waals surface area contributed by atoms with Crippen molar-refractivity contribution in [3.63, 3.8) is 0 Å². The number of hydrogen-bond donors (Lipinski definition) is 2. The first kappa shape index (κ1) is 17.0. The second kappa shape index (κ2) is 7.74. The van der Waals surface area contributed by atoms with Crippen LogP contribution in [0.5, 0.6) is 5.75 Å². The molecule has 0 fully saturated rings. The first-order valence-corrected chi connectivity index (χ1v) is 7.48. The molecule has 0 aliphatic heterocycles. The van der Waals surface area contributed by atoms with Crippen molar-refractivity contribution < 1.29 is 18.8 Å². The normalized spacial score (nSPS) is 11.8. The third-order valence-corrected chi connectivity index (χ3v) is 3.50. The highest BCUT2D eigenvalue weighted by atomic mass is 19.1. The molecule has 2 aromatic rings. The second-order valence-corrected chi connectivity index (χ2v) is 5.69. The summed E-state index contributed by atoms with van der Waals surface area (Å²) >= 11 is 0. The van der Waals surface area contributed by atoms with Crippen molar-refractivity contribution in [1.29, 1.82) is 0 Å². The van der Waals surface area contributed by atoms with Gasteiger partial charge in [-0.15, -0.1) is 0 Å². The molecule has 122 valence electrons. The van der Waals surface area contributed by atoms with Crippen molar-refractivity contribution in [3.05, 3.63) is 59.4 Å². The third-order valence-electron chi connectivity index (χ3n) is 3.50. The Morgan fingerprint density at radius 3 is 2.74 bits per heavy atom. The maximum Gasteiger partial charge on any atom is 0.279 e. The Balaban J connectivity index is 1.91. The van der Waals surface area contributed by atoms with Crippen molar-refractivity contribution in [2.45, 2.75) is 13.5 Å². The highest BCUT2D eigenvalue weighted by molar-refractivity contribution is 5.91. The number of rotatable bonds is 6. The number of aryl methyl sites for hydroxylation is 1. The molecule has 1 amide bonds. The number of quaternary nitrogens is 1. The van der Waals surface area contributed by atoms with Gasteiger partial charge in [-0.2, -0.15) is 0 Å². The first-order chi connectivity index (χ1) is 11.0. The van der Waals surface area contributed by atoms with Crippen molar-refractivity contribution in [3.8, 4) is 5.75 Å². The zero-order chi connectivity index (χ0) is 16.8. The molecule has 1 unspecified atom stereocenters. The summed E-state index contributed by atoms with van der Waals surface area (Å²) in [6.45, 7) is 2.74. The minimum absolute atomic E-state index is 0.215. The van der Waals surface area contributed by atoms with E-state index in [0.717, 1.165) is 21.8 Å². The largest absolute Gasteiger partial charge is 0.497 e. The van der Waals surface area contributed by atoms with Crippen LogP contribution >= 0.6 is 0 Å². The molecule has 2 aromatic carbocycles. The summed E-state index contributed by atoms with van der Waals surface area (Å²) in [5.41, 5.74) is 2.12. The Kier molecular flexibility index (Phi) is 5.71. The number of benzene rings is 2. The van der Waals surface area contributed by atoms with E-state index in [1.807, 2.05) is 31.3 Å². The lowest BCUT2D eigenvalue weighted by atomic mass is 10.2. The highest BCUT2D eigenvalue weighted by Crippen LogP contribution is 2.15. The van der Waals surface area contributed by atoms with E-state index in [9.17, 15) is 9.18 Å². The zero-order valence-corrected chi connectivity index (χ0v) is 13.7. The number of nitrogens with one attached hydrogen (secondary N) is 2. The lowest BCUT2D eigenvalue weighted by Gasteiger charge is -2.14. The van der Waals surface area contributed by atoms with Gasteiger partial charge in [0.15, 0.2) is 6.54 Å². The molecule has 23 heavy (non-hydrogen) atoms. The number of carbonyl (C=O) groups excluding carboxylic acids is 1. The summed E-state index contributed by atoms with van der Waals surface area (Å²) in [6, 6.07) is 12.5. The number of ether oxygens (including phenoxy) is 1. The second-order valence-electron chi connectivity index (χ2n) is 5.69. The SMILES string of the molecule is COc1cccc(C[NH+](C)CC(=O)Nc2ccc(C)cc2F)c1. The summed E-state index contributed by atoms with van der Waals surface area (Å²) in [5.74, 6) is 0.165. The molecular formula is C18H22FN2O2+. The first-order valence-electron chi connectivity index (χ1n) is 7.48. The van der Waals surface area contributed by atoms with Crippen LogP contribution in [0.1, 0.15) is 11.1 Å². The minimum atomic E-state index is -0.413. The van der Waals surface area contributed by atoms with Gasteiger partial charge in [0.2, 0.25) is 0 Å². The molecule has 4 nitrogen and oxygen atoms in total. The molecule has 1 atom stereocenters. The molecular weight excluding hydrogens is 295 g/mol. The van der Waals surface area contributed by atoms with Crippen LogP contribution in [0.2, 0.25) is 0 Å². The molecule has 0 aliphatic carbocycles. The van der Waals surface area contributed by atoms with Crippen LogP contribution < -0.4 is 15.0 Å². The molecule has 5 heteroatoms. The monoisotopic (exact) mass is 317 g/mol. The molecule has 0 saturated carbocycles. The predicted molar refractivity (Wildman–Crippen MR) is 88.2 cm³/mol. The van der Waals surface area contributed by atoms with E-state index in [0.29, 0.717) is 6.54 Å². The molecule has 0 aliphatic rings. The van der Waals surface area contributed by atoms with Crippen LogP contribution in [0.3, 0.4) is 0 Å². The number of anilines is 1. The minimum Gasteiger partial charge on any atom is -0.497 e. The Morgan fingerprint density at radius 1 is 1.26 bits per heavy atom. The van der Waals surface area contributed by atoms with E-state index in [-0.39, 0.29) is 18.1 Å².